The topological polar surface area (TPSA) is 80.5 Å². The van der Waals surface area contributed by atoms with Crippen molar-refractivity contribution >= 4 is 23.4 Å². The summed E-state index contributed by atoms with van der Waals surface area (Å²) in [7, 11) is 0. The van der Waals surface area contributed by atoms with E-state index in [1.807, 2.05) is 36.4 Å². The average Bonchev–Trinajstić information content (AvgIpc) is 3.40. The SMILES string of the molecule is C=CCOc1cccc(-c2cc(NC3CC3)n3ncc(/C=C4\CC(=C)NC4=O)c3n2)c1. The molecule has 2 fully saturated rings. The second kappa shape index (κ2) is 7.75. The molecule has 1 aliphatic carbocycles. The number of carbonyl (C=O) groups is 1. The van der Waals surface area contributed by atoms with Crippen LogP contribution in [0, 0.1) is 0 Å². The number of aromatic nitrogens is 3. The molecular formula is C24H23N5O2. The number of nitrogens with zero attached hydrogens (tertiary/aromatic N) is 3. The van der Waals surface area contributed by atoms with Crippen LogP contribution in [0.15, 0.2) is 67.0 Å². The standard InChI is InChI=1S/C24H23N5O2/c1-3-9-31-20-6-4-5-16(12-20)21-13-22(27-19-7-8-19)29-23(28-21)18(14-25-29)11-17-10-15(2)26-24(17)30/h3-6,11-14,19,27H,1-2,7-10H2,(H,26,30)/b17-11+. The average molecular weight is 413 g/mol. The number of hydrogen-bond donors (Lipinski definition) is 2. The van der Waals surface area contributed by atoms with Crippen molar-refractivity contribution in [2.24, 2.45) is 0 Å². The highest BCUT2D eigenvalue weighted by Crippen LogP contribution is 2.31. The smallest absolute Gasteiger partial charge is 0.251 e. The van der Waals surface area contributed by atoms with E-state index in [1.165, 1.54) is 0 Å². The highest BCUT2D eigenvalue weighted by Gasteiger charge is 2.24. The van der Waals surface area contributed by atoms with Crippen LogP contribution in [0.3, 0.4) is 0 Å². The number of anilines is 1. The van der Waals surface area contributed by atoms with Gasteiger partial charge < -0.3 is 15.4 Å². The quantitative estimate of drug-likeness (QED) is 0.453. The van der Waals surface area contributed by atoms with Crippen LogP contribution >= 0.6 is 0 Å². The van der Waals surface area contributed by atoms with Gasteiger partial charge in [0, 0.05) is 40.9 Å². The van der Waals surface area contributed by atoms with Crippen LogP contribution in [0.5, 0.6) is 5.75 Å². The largest absolute Gasteiger partial charge is 0.490 e. The summed E-state index contributed by atoms with van der Waals surface area (Å²) in [6, 6.07) is 10.3. The Kier molecular flexibility index (Phi) is 4.78. The van der Waals surface area contributed by atoms with E-state index < -0.39 is 0 Å². The molecule has 1 saturated heterocycles. The van der Waals surface area contributed by atoms with Gasteiger partial charge in [0.2, 0.25) is 0 Å². The number of nitrogens with one attached hydrogen (secondary N) is 2. The van der Waals surface area contributed by atoms with Crippen LogP contribution in [-0.2, 0) is 4.79 Å². The predicted octanol–water partition coefficient (Wildman–Crippen LogP) is 3.95. The molecule has 7 nitrogen and oxygen atoms in total. The molecule has 0 radical (unpaired) electrons. The third kappa shape index (κ3) is 3.94. The third-order valence-corrected chi connectivity index (χ3v) is 5.24. The van der Waals surface area contributed by atoms with Gasteiger partial charge in [-0.05, 0) is 31.1 Å². The molecule has 2 aliphatic rings. The number of rotatable bonds is 7. The van der Waals surface area contributed by atoms with E-state index >= 15 is 0 Å². The first-order valence-electron chi connectivity index (χ1n) is 10.3. The third-order valence-electron chi connectivity index (χ3n) is 5.24. The molecule has 1 aromatic carbocycles. The highest BCUT2D eigenvalue weighted by atomic mass is 16.5. The second-order valence-electron chi connectivity index (χ2n) is 7.81. The minimum Gasteiger partial charge on any atom is -0.490 e. The number of fused-ring (bicyclic) bond motifs is 1. The molecule has 156 valence electrons. The van der Waals surface area contributed by atoms with E-state index in [0.717, 1.165) is 41.2 Å². The lowest BCUT2D eigenvalue weighted by Crippen LogP contribution is -2.12. The molecule has 5 rings (SSSR count). The Morgan fingerprint density at radius 3 is 2.94 bits per heavy atom. The molecule has 0 unspecified atom stereocenters. The zero-order valence-electron chi connectivity index (χ0n) is 17.1. The van der Waals surface area contributed by atoms with Crippen molar-refractivity contribution in [2.75, 3.05) is 11.9 Å². The van der Waals surface area contributed by atoms with Crippen molar-refractivity contribution in [3.63, 3.8) is 0 Å². The van der Waals surface area contributed by atoms with Gasteiger partial charge in [-0.1, -0.05) is 31.4 Å². The first kappa shape index (κ1) is 19.1. The summed E-state index contributed by atoms with van der Waals surface area (Å²) in [6.07, 6.45) is 8.10. The van der Waals surface area contributed by atoms with Crippen molar-refractivity contribution in [2.45, 2.75) is 25.3 Å². The number of hydrogen-bond acceptors (Lipinski definition) is 5. The Hall–Kier alpha value is -3.87. The Balaban J connectivity index is 1.60. The van der Waals surface area contributed by atoms with E-state index in [0.29, 0.717) is 36.0 Å². The molecule has 0 atom stereocenters. The molecule has 3 aromatic rings. The number of benzene rings is 1. The zero-order chi connectivity index (χ0) is 21.4. The molecule has 31 heavy (non-hydrogen) atoms. The molecule has 7 heteroatoms. The Morgan fingerprint density at radius 1 is 1.32 bits per heavy atom. The monoisotopic (exact) mass is 413 g/mol. The summed E-state index contributed by atoms with van der Waals surface area (Å²) in [4.78, 5) is 17.0. The Bertz CT molecular complexity index is 1240. The summed E-state index contributed by atoms with van der Waals surface area (Å²) in [5.41, 5.74) is 4.59. The fourth-order valence-corrected chi connectivity index (χ4v) is 3.57. The van der Waals surface area contributed by atoms with Crippen LogP contribution in [0.4, 0.5) is 5.82 Å². The predicted molar refractivity (Wildman–Crippen MR) is 121 cm³/mol. The van der Waals surface area contributed by atoms with Crippen molar-refractivity contribution in [3.05, 3.63) is 72.6 Å². The van der Waals surface area contributed by atoms with Gasteiger partial charge in [-0.2, -0.15) is 9.61 Å². The van der Waals surface area contributed by atoms with E-state index in [-0.39, 0.29) is 5.91 Å². The Morgan fingerprint density at radius 2 is 2.19 bits per heavy atom. The van der Waals surface area contributed by atoms with Crippen molar-refractivity contribution in [1.29, 1.82) is 0 Å². The van der Waals surface area contributed by atoms with Crippen LogP contribution in [0.2, 0.25) is 0 Å². The fraction of sp³-hybridized carbons (Fsp3) is 0.208. The van der Waals surface area contributed by atoms with Gasteiger partial charge in [-0.3, -0.25) is 4.79 Å². The summed E-state index contributed by atoms with van der Waals surface area (Å²) in [5.74, 6) is 1.52. The Labute approximate surface area is 180 Å². The summed E-state index contributed by atoms with van der Waals surface area (Å²) >= 11 is 0. The normalized spacial score (nSPS) is 17.2. The lowest BCUT2D eigenvalue weighted by molar-refractivity contribution is -0.115. The van der Waals surface area contributed by atoms with E-state index in [4.69, 9.17) is 9.72 Å². The van der Waals surface area contributed by atoms with Crippen molar-refractivity contribution in [1.82, 2.24) is 19.9 Å². The zero-order valence-corrected chi connectivity index (χ0v) is 17.1. The van der Waals surface area contributed by atoms with Gasteiger partial charge in [0.25, 0.3) is 5.91 Å². The first-order chi connectivity index (χ1) is 15.1. The summed E-state index contributed by atoms with van der Waals surface area (Å²) in [5, 5.41) is 10.8. The van der Waals surface area contributed by atoms with Gasteiger partial charge >= 0.3 is 0 Å². The van der Waals surface area contributed by atoms with Gasteiger partial charge in [0.1, 0.15) is 18.2 Å². The van der Waals surface area contributed by atoms with Crippen LogP contribution in [0.1, 0.15) is 24.8 Å². The van der Waals surface area contributed by atoms with Crippen LogP contribution in [-0.4, -0.2) is 33.2 Å². The molecule has 0 spiro atoms. The van der Waals surface area contributed by atoms with Crippen LogP contribution in [0.25, 0.3) is 23.0 Å². The maximum absolute atomic E-state index is 12.2. The van der Waals surface area contributed by atoms with E-state index in [2.05, 4.69) is 28.9 Å². The fourth-order valence-electron chi connectivity index (χ4n) is 3.57. The number of ether oxygens (including phenoxy) is 1. The first-order valence-corrected chi connectivity index (χ1v) is 10.3. The van der Waals surface area contributed by atoms with Crippen molar-refractivity contribution in [3.8, 4) is 17.0 Å². The van der Waals surface area contributed by atoms with Gasteiger partial charge in [-0.25, -0.2) is 4.98 Å². The molecule has 0 bridgehead atoms. The lowest BCUT2D eigenvalue weighted by Gasteiger charge is -2.11. The maximum Gasteiger partial charge on any atom is 0.251 e. The second-order valence-corrected chi connectivity index (χ2v) is 7.81. The van der Waals surface area contributed by atoms with Crippen LogP contribution < -0.4 is 15.4 Å². The molecule has 2 aromatic heterocycles. The summed E-state index contributed by atoms with van der Waals surface area (Å²) in [6.45, 7) is 7.99. The van der Waals surface area contributed by atoms with Gasteiger partial charge in [0.15, 0.2) is 5.65 Å². The molecule has 2 N–H and O–H groups in total. The summed E-state index contributed by atoms with van der Waals surface area (Å²) < 4.78 is 7.49. The molecule has 1 aliphatic heterocycles. The highest BCUT2D eigenvalue weighted by molar-refractivity contribution is 6.02. The lowest BCUT2D eigenvalue weighted by atomic mass is 10.1. The number of amides is 1. The van der Waals surface area contributed by atoms with Gasteiger partial charge in [-0.15, -0.1) is 0 Å². The molecule has 1 saturated carbocycles. The molecule has 3 heterocycles. The molecule has 1 amide bonds. The van der Waals surface area contributed by atoms with Crippen molar-refractivity contribution < 1.29 is 9.53 Å². The molecular weight excluding hydrogens is 390 g/mol. The minimum atomic E-state index is -0.121. The number of carbonyl (C=O) groups excluding carboxylic acids is 1. The number of allylic oxidation sites excluding steroid dienone is 1. The van der Waals surface area contributed by atoms with Gasteiger partial charge in [0.05, 0.1) is 11.9 Å². The van der Waals surface area contributed by atoms with E-state index in [9.17, 15) is 4.79 Å². The maximum atomic E-state index is 12.2. The minimum absolute atomic E-state index is 0.121. The van der Waals surface area contributed by atoms with E-state index in [1.54, 1.807) is 16.8 Å².